The molecule has 0 unspecified atom stereocenters. The maximum Gasteiger partial charge on any atom is 0.329 e. The van der Waals surface area contributed by atoms with Crippen molar-refractivity contribution in [1.82, 2.24) is 10.2 Å². The highest BCUT2D eigenvalue weighted by atomic mass is 16.5. The van der Waals surface area contributed by atoms with Gasteiger partial charge in [0.1, 0.15) is 6.04 Å². The van der Waals surface area contributed by atoms with E-state index in [0.29, 0.717) is 18.8 Å². The molecule has 0 aromatic heterocycles. The molecule has 1 aliphatic heterocycles. The molecule has 0 saturated carbocycles. The summed E-state index contributed by atoms with van der Waals surface area (Å²) < 4.78 is 5.23. The first-order chi connectivity index (χ1) is 13.5. The molecule has 2 N–H and O–H groups in total. The number of carbonyl (C=O) groups is 3. The second-order valence-corrected chi connectivity index (χ2v) is 7.44. The van der Waals surface area contributed by atoms with E-state index < -0.39 is 18.0 Å². The number of hydrogen-bond acceptors (Lipinski definition) is 4. The second kappa shape index (κ2) is 11.3. The number of ether oxygens (including phenoxy) is 1. The van der Waals surface area contributed by atoms with Crippen LogP contribution in [-0.4, -0.2) is 48.5 Å². The largest absolute Gasteiger partial charge is 0.454 e. The summed E-state index contributed by atoms with van der Waals surface area (Å²) in [5.41, 5.74) is 0.628. The lowest BCUT2D eigenvalue weighted by molar-refractivity contribution is -0.154. The Morgan fingerprint density at radius 1 is 1.00 bits per heavy atom. The third-order valence-corrected chi connectivity index (χ3v) is 4.79. The topological polar surface area (TPSA) is 87.7 Å². The van der Waals surface area contributed by atoms with Crippen molar-refractivity contribution in [2.75, 3.05) is 25.0 Å². The minimum atomic E-state index is -0.830. The summed E-state index contributed by atoms with van der Waals surface area (Å²) in [6.07, 6.45) is 5.42. The number of hydrogen-bond donors (Lipinski definition) is 2. The number of carbonyl (C=O) groups excluding carboxylic acids is 3. The van der Waals surface area contributed by atoms with Gasteiger partial charge in [0.15, 0.2) is 6.61 Å². The van der Waals surface area contributed by atoms with E-state index in [1.807, 2.05) is 19.9 Å². The Bertz CT molecular complexity index is 640. The van der Waals surface area contributed by atoms with Gasteiger partial charge >= 0.3 is 12.0 Å². The molecule has 1 aromatic rings. The summed E-state index contributed by atoms with van der Waals surface area (Å²) in [5, 5.41) is 5.32. The molecule has 1 heterocycles. The van der Waals surface area contributed by atoms with Crippen molar-refractivity contribution in [1.29, 1.82) is 0 Å². The highest BCUT2D eigenvalue weighted by molar-refractivity contribution is 5.93. The van der Waals surface area contributed by atoms with E-state index in [2.05, 4.69) is 10.6 Å². The molecule has 3 amide bonds. The molecular formula is C21H31N3O4. The van der Waals surface area contributed by atoms with Gasteiger partial charge in [0.25, 0.3) is 5.91 Å². The van der Waals surface area contributed by atoms with Gasteiger partial charge in [-0.3, -0.25) is 4.79 Å². The zero-order chi connectivity index (χ0) is 20.4. The normalized spacial score (nSPS) is 15.9. The van der Waals surface area contributed by atoms with Crippen LogP contribution in [0.5, 0.6) is 0 Å². The standard InChI is InChI=1S/C21H31N3O4/c1-16(2)19(23-21(27)22-17-11-7-6-8-12-17)20(26)28-15-18(25)24-13-9-4-3-5-10-14-24/h6-8,11-12,16,19H,3-5,9-10,13-15H2,1-2H3,(H2,22,23,27)/t19-/m1/s1. The minimum absolute atomic E-state index is 0.175. The lowest BCUT2D eigenvalue weighted by Gasteiger charge is -2.25. The third-order valence-electron chi connectivity index (χ3n) is 4.79. The van der Waals surface area contributed by atoms with Crippen molar-refractivity contribution < 1.29 is 19.1 Å². The number of nitrogens with one attached hydrogen (secondary N) is 2. The van der Waals surface area contributed by atoms with Crippen LogP contribution in [0.1, 0.15) is 46.0 Å². The lowest BCUT2D eigenvalue weighted by atomic mass is 10.1. The average Bonchev–Trinajstić information content (AvgIpc) is 2.64. The Balaban J connectivity index is 1.84. The highest BCUT2D eigenvalue weighted by Gasteiger charge is 2.27. The number of esters is 1. The Morgan fingerprint density at radius 2 is 1.61 bits per heavy atom. The summed E-state index contributed by atoms with van der Waals surface area (Å²) >= 11 is 0. The number of amides is 3. The molecule has 0 spiro atoms. The van der Waals surface area contributed by atoms with Gasteiger partial charge in [0, 0.05) is 18.8 Å². The highest BCUT2D eigenvalue weighted by Crippen LogP contribution is 2.11. The van der Waals surface area contributed by atoms with Crippen LogP contribution in [0.3, 0.4) is 0 Å². The van der Waals surface area contributed by atoms with Gasteiger partial charge in [-0.15, -0.1) is 0 Å². The summed E-state index contributed by atoms with van der Waals surface area (Å²) in [6, 6.07) is 7.65. The number of benzene rings is 1. The maximum atomic E-state index is 12.4. The average molecular weight is 389 g/mol. The van der Waals surface area contributed by atoms with E-state index in [1.165, 1.54) is 6.42 Å². The van der Waals surface area contributed by atoms with Crippen LogP contribution >= 0.6 is 0 Å². The fourth-order valence-electron chi connectivity index (χ4n) is 3.14. The van der Waals surface area contributed by atoms with E-state index >= 15 is 0 Å². The quantitative estimate of drug-likeness (QED) is 0.732. The fraction of sp³-hybridized carbons (Fsp3) is 0.571. The van der Waals surface area contributed by atoms with Crippen LogP contribution in [0.15, 0.2) is 30.3 Å². The molecule has 1 aromatic carbocycles. The first kappa shape index (κ1) is 21.7. The minimum Gasteiger partial charge on any atom is -0.454 e. The molecule has 0 radical (unpaired) electrons. The van der Waals surface area contributed by atoms with Crippen LogP contribution in [0.2, 0.25) is 0 Å². The predicted molar refractivity (Wildman–Crippen MR) is 108 cm³/mol. The SMILES string of the molecule is CC(C)[C@@H](NC(=O)Nc1ccccc1)C(=O)OCC(=O)N1CCCCCCC1. The zero-order valence-corrected chi connectivity index (χ0v) is 16.8. The predicted octanol–water partition coefficient (Wildman–Crippen LogP) is 3.17. The molecule has 0 bridgehead atoms. The van der Waals surface area contributed by atoms with Crippen LogP contribution < -0.4 is 10.6 Å². The van der Waals surface area contributed by atoms with Gasteiger partial charge in [-0.2, -0.15) is 0 Å². The summed E-state index contributed by atoms with van der Waals surface area (Å²) in [4.78, 5) is 38.8. The molecular weight excluding hydrogens is 358 g/mol. The van der Waals surface area contributed by atoms with Gasteiger partial charge in [-0.1, -0.05) is 51.3 Å². The van der Waals surface area contributed by atoms with Crippen LogP contribution in [0.4, 0.5) is 10.5 Å². The van der Waals surface area contributed by atoms with E-state index in [4.69, 9.17) is 4.74 Å². The van der Waals surface area contributed by atoms with Gasteiger partial charge in [-0.25, -0.2) is 9.59 Å². The first-order valence-corrected chi connectivity index (χ1v) is 10.0. The molecule has 1 fully saturated rings. The van der Waals surface area contributed by atoms with Crippen molar-refractivity contribution in [2.24, 2.45) is 5.92 Å². The van der Waals surface area contributed by atoms with Crippen molar-refractivity contribution in [2.45, 2.75) is 52.0 Å². The molecule has 0 aliphatic carbocycles. The second-order valence-electron chi connectivity index (χ2n) is 7.44. The number of nitrogens with zero attached hydrogens (tertiary/aromatic N) is 1. The van der Waals surface area contributed by atoms with Crippen LogP contribution in [0, 0.1) is 5.92 Å². The van der Waals surface area contributed by atoms with E-state index in [-0.39, 0.29) is 18.4 Å². The smallest absolute Gasteiger partial charge is 0.329 e. The molecule has 154 valence electrons. The summed E-state index contributed by atoms with van der Waals surface area (Å²) in [5.74, 6) is -0.948. The van der Waals surface area contributed by atoms with Crippen molar-refractivity contribution >= 4 is 23.6 Å². The number of urea groups is 1. The molecule has 7 nitrogen and oxygen atoms in total. The van der Waals surface area contributed by atoms with Crippen molar-refractivity contribution in [3.05, 3.63) is 30.3 Å². The number of likely N-dealkylation sites (tertiary alicyclic amines) is 1. The third kappa shape index (κ3) is 7.21. The molecule has 1 saturated heterocycles. The van der Waals surface area contributed by atoms with Gasteiger partial charge in [-0.05, 0) is 30.9 Å². The van der Waals surface area contributed by atoms with E-state index in [0.717, 1.165) is 25.7 Å². The van der Waals surface area contributed by atoms with Crippen molar-refractivity contribution in [3.8, 4) is 0 Å². The van der Waals surface area contributed by atoms with Crippen LogP contribution in [0.25, 0.3) is 0 Å². The summed E-state index contributed by atoms with van der Waals surface area (Å²) in [6.45, 7) is 4.76. The number of anilines is 1. The Morgan fingerprint density at radius 3 is 2.21 bits per heavy atom. The van der Waals surface area contributed by atoms with Gasteiger partial charge < -0.3 is 20.3 Å². The Hall–Kier alpha value is -2.57. The van der Waals surface area contributed by atoms with Crippen molar-refractivity contribution in [3.63, 3.8) is 0 Å². The number of rotatable bonds is 6. The Labute approximate surface area is 166 Å². The molecule has 1 aliphatic rings. The number of para-hydroxylation sites is 1. The van der Waals surface area contributed by atoms with Crippen LogP contribution in [-0.2, 0) is 14.3 Å². The molecule has 28 heavy (non-hydrogen) atoms. The molecule has 2 rings (SSSR count). The molecule has 7 heteroatoms. The fourth-order valence-corrected chi connectivity index (χ4v) is 3.14. The monoisotopic (exact) mass is 389 g/mol. The summed E-state index contributed by atoms with van der Waals surface area (Å²) in [7, 11) is 0. The first-order valence-electron chi connectivity index (χ1n) is 10.0. The maximum absolute atomic E-state index is 12.4. The van der Waals surface area contributed by atoms with E-state index in [1.54, 1.807) is 29.2 Å². The molecule has 1 atom stereocenters. The van der Waals surface area contributed by atoms with Gasteiger partial charge in [0.05, 0.1) is 0 Å². The zero-order valence-electron chi connectivity index (χ0n) is 16.8. The van der Waals surface area contributed by atoms with E-state index in [9.17, 15) is 14.4 Å². The lowest BCUT2D eigenvalue weighted by Crippen LogP contribution is -2.48. The Kier molecular flexibility index (Phi) is 8.78. The van der Waals surface area contributed by atoms with Gasteiger partial charge in [0.2, 0.25) is 0 Å².